The molecule has 39 heavy (non-hydrogen) atoms. The first-order chi connectivity index (χ1) is 18.6. The molecule has 1 aromatic carbocycles. The van der Waals surface area contributed by atoms with E-state index in [4.69, 9.17) is 24.0 Å². The fraction of sp³-hybridized carbons (Fsp3) is 0.759. The number of benzene rings is 1. The fourth-order valence-corrected chi connectivity index (χ4v) is 8.62. The Balaban J connectivity index is 1.27. The first-order valence-corrected chi connectivity index (χ1v) is 14.2. The summed E-state index contributed by atoms with van der Waals surface area (Å²) in [5.74, 6) is -0.518. The average molecular weight is 548 g/mol. The molecule has 4 bridgehead atoms. The van der Waals surface area contributed by atoms with Gasteiger partial charge in [0.15, 0.2) is 5.60 Å². The zero-order valence-electron chi connectivity index (χ0n) is 23.0. The van der Waals surface area contributed by atoms with Crippen LogP contribution < -0.4 is 10.1 Å². The minimum atomic E-state index is -1.28. The highest BCUT2D eigenvalue weighted by atomic mass is 17.3. The molecule has 2 aliphatic heterocycles. The second kappa shape index (κ2) is 9.65. The number of hydrogen-bond donors (Lipinski definition) is 4. The van der Waals surface area contributed by atoms with Gasteiger partial charge in [0.05, 0.1) is 31.0 Å². The van der Waals surface area contributed by atoms with Crippen LogP contribution in [0.25, 0.3) is 0 Å². The molecule has 4 N–H and O–H groups in total. The Labute approximate surface area is 228 Å². The SMILES string of the molecule is COC1(c2cccc(O[C@]3(C)C[C@H](O)[C@@H](NC(C)=O)C(C(C)[C@H](O)CO)O3)c2)OOC12C1CC3CC(C1)C2C3. The van der Waals surface area contributed by atoms with Crippen LogP contribution >= 0.6 is 0 Å². The Morgan fingerprint density at radius 3 is 2.67 bits per heavy atom. The fourth-order valence-electron chi connectivity index (χ4n) is 8.62. The third-order valence-corrected chi connectivity index (χ3v) is 10.2. The van der Waals surface area contributed by atoms with Crippen LogP contribution in [0.2, 0.25) is 0 Å². The molecular formula is C29H41NO9. The predicted molar refractivity (Wildman–Crippen MR) is 137 cm³/mol. The second-order valence-corrected chi connectivity index (χ2v) is 12.6. The number of methoxy groups -OCH3 is 1. The van der Waals surface area contributed by atoms with Crippen molar-refractivity contribution < 1.29 is 44.1 Å². The van der Waals surface area contributed by atoms with Gasteiger partial charge in [-0.05, 0) is 55.6 Å². The number of ether oxygens (including phenoxy) is 3. The normalized spacial score (nSPS) is 45.7. The minimum absolute atomic E-state index is 0.0762. The lowest BCUT2D eigenvalue weighted by molar-refractivity contribution is -0.635. The summed E-state index contributed by atoms with van der Waals surface area (Å²) < 4.78 is 18.9. The summed E-state index contributed by atoms with van der Waals surface area (Å²) in [6.45, 7) is 4.32. The molecule has 1 spiro atoms. The summed E-state index contributed by atoms with van der Waals surface area (Å²) in [6, 6.07) is 6.77. The number of aliphatic hydroxyl groups excluding tert-OH is 3. The third kappa shape index (κ3) is 4.06. The molecule has 4 saturated carbocycles. The van der Waals surface area contributed by atoms with E-state index < -0.39 is 54.1 Å². The summed E-state index contributed by atoms with van der Waals surface area (Å²) in [6.07, 6.45) is 1.84. The molecule has 8 unspecified atom stereocenters. The second-order valence-electron chi connectivity index (χ2n) is 12.6. The van der Waals surface area contributed by atoms with Gasteiger partial charge in [0.1, 0.15) is 5.75 Å². The molecule has 216 valence electrons. The number of hydrogen-bond acceptors (Lipinski definition) is 9. The molecule has 1 amide bonds. The summed E-state index contributed by atoms with van der Waals surface area (Å²) >= 11 is 0. The quantitative estimate of drug-likeness (QED) is 0.360. The largest absolute Gasteiger partial charge is 0.463 e. The maximum atomic E-state index is 11.9. The molecule has 10 heteroatoms. The van der Waals surface area contributed by atoms with Crippen molar-refractivity contribution in [2.75, 3.05) is 13.7 Å². The first kappa shape index (κ1) is 27.4. The molecule has 6 fully saturated rings. The molecule has 7 rings (SSSR count). The Bertz CT molecular complexity index is 1090. The van der Waals surface area contributed by atoms with E-state index in [1.54, 1.807) is 21.0 Å². The van der Waals surface area contributed by atoms with Crippen LogP contribution in [0.3, 0.4) is 0 Å². The van der Waals surface area contributed by atoms with Gasteiger partial charge in [-0.15, -0.1) is 0 Å². The topological polar surface area (TPSA) is 136 Å². The van der Waals surface area contributed by atoms with Crippen LogP contribution in [0, 0.1) is 29.6 Å². The van der Waals surface area contributed by atoms with Crippen molar-refractivity contribution in [3.8, 4) is 5.75 Å². The first-order valence-electron chi connectivity index (χ1n) is 14.2. The molecule has 12 atom stereocenters. The smallest absolute Gasteiger partial charge is 0.260 e. The third-order valence-electron chi connectivity index (χ3n) is 10.2. The van der Waals surface area contributed by atoms with Gasteiger partial charge in [-0.25, -0.2) is 4.89 Å². The monoisotopic (exact) mass is 547 g/mol. The number of rotatable bonds is 8. The van der Waals surface area contributed by atoms with Crippen molar-refractivity contribution in [3.63, 3.8) is 0 Å². The van der Waals surface area contributed by atoms with Crippen LogP contribution in [0.5, 0.6) is 5.75 Å². The van der Waals surface area contributed by atoms with Gasteiger partial charge in [-0.2, -0.15) is 4.89 Å². The van der Waals surface area contributed by atoms with Crippen LogP contribution in [-0.4, -0.2) is 70.7 Å². The standard InChI is InChI=1S/C29H41NO9/c1-15(24(34)14-31)26-25(30-16(2)32)23(33)13-27(3,37-26)36-21-7-5-6-19(12-21)29(35-4)28(38-39-29)20-9-17-8-18(11-20)22(28)10-17/h5-7,12,15,17-18,20,22-26,31,33-34H,8-11,13-14H2,1-4H3,(H,30,32)/t15?,17?,18?,20?,22?,23-,24+,25+,26?,27-,28?,29?/m0/s1. The molecular weight excluding hydrogens is 506 g/mol. The molecule has 2 saturated heterocycles. The summed E-state index contributed by atoms with van der Waals surface area (Å²) in [5.41, 5.74) is 0.299. The maximum absolute atomic E-state index is 11.9. The van der Waals surface area contributed by atoms with Gasteiger partial charge >= 0.3 is 0 Å². The predicted octanol–water partition coefficient (Wildman–Crippen LogP) is 1.99. The number of carbonyl (C=O) groups excluding carboxylic acids is 1. The highest BCUT2D eigenvalue weighted by Crippen LogP contribution is 2.72. The van der Waals surface area contributed by atoms with E-state index in [1.165, 1.54) is 13.3 Å². The van der Waals surface area contributed by atoms with E-state index in [1.807, 2.05) is 24.3 Å². The zero-order valence-corrected chi connectivity index (χ0v) is 23.0. The highest BCUT2D eigenvalue weighted by Gasteiger charge is 2.79. The van der Waals surface area contributed by atoms with Gasteiger partial charge in [0.25, 0.3) is 5.79 Å². The Morgan fingerprint density at radius 1 is 1.23 bits per heavy atom. The highest BCUT2D eigenvalue weighted by molar-refractivity contribution is 5.73. The van der Waals surface area contributed by atoms with Crippen LogP contribution in [-0.2, 0) is 29.8 Å². The summed E-state index contributed by atoms with van der Waals surface area (Å²) in [7, 11) is 1.67. The van der Waals surface area contributed by atoms with Crippen LogP contribution in [0.15, 0.2) is 24.3 Å². The molecule has 2 heterocycles. The van der Waals surface area contributed by atoms with Crippen molar-refractivity contribution in [2.45, 2.75) is 94.4 Å². The molecule has 0 aromatic heterocycles. The van der Waals surface area contributed by atoms with Gasteiger partial charge < -0.3 is 34.8 Å². The molecule has 1 aromatic rings. The minimum Gasteiger partial charge on any atom is -0.463 e. The van der Waals surface area contributed by atoms with E-state index in [2.05, 4.69) is 5.32 Å². The van der Waals surface area contributed by atoms with Crippen molar-refractivity contribution >= 4 is 5.91 Å². The molecule has 0 radical (unpaired) electrons. The van der Waals surface area contributed by atoms with Crippen LogP contribution in [0.1, 0.15) is 58.4 Å². The Kier molecular flexibility index (Phi) is 6.77. The van der Waals surface area contributed by atoms with Crippen molar-refractivity contribution in [1.82, 2.24) is 5.32 Å². The zero-order chi connectivity index (χ0) is 27.7. The van der Waals surface area contributed by atoms with Gasteiger partial charge in [0, 0.05) is 44.8 Å². The van der Waals surface area contributed by atoms with Gasteiger partial charge in [0.2, 0.25) is 11.7 Å². The van der Waals surface area contributed by atoms with Crippen molar-refractivity contribution in [1.29, 1.82) is 0 Å². The number of aliphatic hydroxyl groups is 3. The van der Waals surface area contributed by atoms with E-state index in [0.29, 0.717) is 23.5 Å². The van der Waals surface area contributed by atoms with E-state index in [9.17, 15) is 20.1 Å². The average Bonchev–Trinajstić information content (AvgIpc) is 3.30. The van der Waals surface area contributed by atoms with Gasteiger partial charge in [-0.1, -0.05) is 19.1 Å². The lowest BCUT2D eigenvalue weighted by atomic mass is 9.65. The van der Waals surface area contributed by atoms with Crippen molar-refractivity contribution in [3.05, 3.63) is 29.8 Å². The van der Waals surface area contributed by atoms with Crippen molar-refractivity contribution in [2.24, 2.45) is 29.6 Å². The molecule has 6 aliphatic rings. The lowest BCUT2D eigenvalue weighted by Gasteiger charge is -2.60. The maximum Gasteiger partial charge on any atom is 0.260 e. The number of nitrogens with one attached hydrogen (secondary N) is 1. The molecule has 10 nitrogen and oxygen atoms in total. The summed E-state index contributed by atoms with van der Waals surface area (Å²) in [4.78, 5) is 23.8. The Hall–Kier alpha value is -1.79. The number of amides is 1. The lowest BCUT2D eigenvalue weighted by Crippen LogP contribution is -2.71. The molecule has 4 aliphatic carbocycles. The summed E-state index contributed by atoms with van der Waals surface area (Å²) in [5, 5.41) is 33.7. The number of carbonyl (C=O) groups is 1. The van der Waals surface area contributed by atoms with E-state index in [0.717, 1.165) is 30.7 Å². The van der Waals surface area contributed by atoms with E-state index >= 15 is 0 Å². The van der Waals surface area contributed by atoms with Crippen LogP contribution in [0.4, 0.5) is 0 Å². The Morgan fingerprint density at radius 2 is 2.03 bits per heavy atom. The van der Waals surface area contributed by atoms with E-state index in [-0.39, 0.29) is 12.3 Å². The van der Waals surface area contributed by atoms with Gasteiger partial charge in [-0.3, -0.25) is 4.79 Å².